The first-order valence-corrected chi connectivity index (χ1v) is 9.98. The minimum Gasteiger partial charge on any atom is -0.493 e. The Morgan fingerprint density at radius 1 is 1.00 bits per heavy atom. The van der Waals surface area contributed by atoms with Gasteiger partial charge in [-0.25, -0.2) is 9.97 Å². The third kappa shape index (κ3) is 3.94. The molecule has 0 unspecified atom stereocenters. The average Bonchev–Trinajstić information content (AvgIpc) is 3.19. The molecule has 2 heterocycles. The Morgan fingerprint density at radius 3 is 2.55 bits per heavy atom. The number of carbonyl (C=O) groups excluding carboxylic acids is 1. The predicted octanol–water partition coefficient (Wildman–Crippen LogP) is 4.95. The zero-order valence-corrected chi connectivity index (χ0v) is 17.9. The second-order valence-corrected chi connectivity index (χ2v) is 7.35. The molecule has 7 nitrogen and oxygen atoms in total. The van der Waals surface area contributed by atoms with Crippen LogP contribution >= 0.6 is 0 Å². The quantitative estimate of drug-likeness (QED) is 0.481. The minimum absolute atomic E-state index is 0.166. The molecule has 31 heavy (non-hydrogen) atoms. The van der Waals surface area contributed by atoms with Crippen molar-refractivity contribution in [3.05, 3.63) is 66.4 Å². The van der Waals surface area contributed by atoms with Crippen LogP contribution in [0.25, 0.3) is 22.6 Å². The van der Waals surface area contributed by atoms with Crippen LogP contribution in [-0.4, -0.2) is 34.7 Å². The van der Waals surface area contributed by atoms with Crippen molar-refractivity contribution in [2.75, 3.05) is 19.5 Å². The number of carbonyl (C=O) groups is 1. The summed E-state index contributed by atoms with van der Waals surface area (Å²) in [7, 11) is 3.13. The van der Waals surface area contributed by atoms with Crippen LogP contribution in [0.2, 0.25) is 0 Å². The van der Waals surface area contributed by atoms with Crippen molar-refractivity contribution >= 4 is 22.8 Å². The first-order chi connectivity index (χ1) is 15.0. The number of amides is 1. The van der Waals surface area contributed by atoms with E-state index in [1.807, 2.05) is 30.3 Å². The molecule has 0 radical (unpaired) electrons. The maximum Gasteiger partial charge on any atom is 0.255 e. The Bertz CT molecular complexity index is 1250. The van der Waals surface area contributed by atoms with Crippen LogP contribution in [0.4, 0.5) is 5.69 Å². The van der Waals surface area contributed by atoms with Gasteiger partial charge in [0.1, 0.15) is 11.3 Å². The number of imidazole rings is 1. The van der Waals surface area contributed by atoms with E-state index in [1.54, 1.807) is 44.7 Å². The zero-order valence-electron chi connectivity index (χ0n) is 17.9. The Balaban J connectivity index is 1.67. The number of pyridine rings is 1. The van der Waals surface area contributed by atoms with Gasteiger partial charge in [0.2, 0.25) is 0 Å². The first kappa shape index (κ1) is 20.4. The number of fused-ring (bicyclic) bond motifs is 1. The highest BCUT2D eigenvalue weighted by atomic mass is 16.5. The van der Waals surface area contributed by atoms with Crippen molar-refractivity contribution in [3.8, 4) is 22.9 Å². The number of nitrogens with one attached hydrogen (secondary N) is 1. The topological polar surface area (TPSA) is 78.3 Å². The summed E-state index contributed by atoms with van der Waals surface area (Å²) >= 11 is 0. The highest BCUT2D eigenvalue weighted by Crippen LogP contribution is 2.31. The lowest BCUT2D eigenvalue weighted by Gasteiger charge is -2.13. The standard InChI is InChI=1S/C24H24N4O3/c1-15(2)28-22(27-19-9-6-12-25-23(19)28)16-7-5-8-17(13-16)24(29)26-18-10-11-20(30-3)21(14-18)31-4/h5-15H,1-4H3,(H,26,29). The predicted molar refractivity (Wildman–Crippen MR) is 121 cm³/mol. The Labute approximate surface area is 180 Å². The molecule has 0 saturated carbocycles. The third-order valence-electron chi connectivity index (χ3n) is 4.99. The lowest BCUT2D eigenvalue weighted by Crippen LogP contribution is -2.12. The fourth-order valence-electron chi connectivity index (χ4n) is 3.54. The van der Waals surface area contributed by atoms with Crippen LogP contribution in [-0.2, 0) is 0 Å². The Morgan fingerprint density at radius 2 is 1.81 bits per heavy atom. The van der Waals surface area contributed by atoms with Crippen LogP contribution in [0.1, 0.15) is 30.2 Å². The number of hydrogen-bond acceptors (Lipinski definition) is 5. The lowest BCUT2D eigenvalue weighted by molar-refractivity contribution is 0.102. The summed E-state index contributed by atoms with van der Waals surface area (Å²) in [4.78, 5) is 22.2. The molecule has 0 spiro atoms. The van der Waals surface area contributed by atoms with E-state index in [-0.39, 0.29) is 11.9 Å². The van der Waals surface area contributed by atoms with E-state index in [4.69, 9.17) is 14.5 Å². The van der Waals surface area contributed by atoms with Gasteiger partial charge >= 0.3 is 0 Å². The summed E-state index contributed by atoms with van der Waals surface area (Å²) in [5, 5.41) is 2.91. The highest BCUT2D eigenvalue weighted by Gasteiger charge is 2.17. The SMILES string of the molecule is COc1ccc(NC(=O)c2cccc(-c3nc4cccnc4n3C(C)C)c2)cc1OC. The highest BCUT2D eigenvalue weighted by molar-refractivity contribution is 6.05. The Hall–Kier alpha value is -3.87. The zero-order chi connectivity index (χ0) is 22.0. The summed E-state index contributed by atoms with van der Waals surface area (Å²) in [6.07, 6.45) is 1.76. The molecular weight excluding hydrogens is 392 g/mol. The van der Waals surface area contributed by atoms with E-state index in [1.165, 1.54) is 0 Å². The van der Waals surface area contributed by atoms with Crippen molar-refractivity contribution in [1.29, 1.82) is 0 Å². The molecule has 0 saturated heterocycles. The van der Waals surface area contributed by atoms with Gasteiger partial charge in [0.25, 0.3) is 5.91 Å². The molecule has 7 heteroatoms. The molecule has 0 aliphatic carbocycles. The fraction of sp³-hybridized carbons (Fsp3) is 0.208. The number of hydrogen-bond donors (Lipinski definition) is 1. The van der Waals surface area contributed by atoms with E-state index in [2.05, 4.69) is 28.7 Å². The van der Waals surface area contributed by atoms with E-state index in [0.29, 0.717) is 22.7 Å². The average molecular weight is 416 g/mol. The van der Waals surface area contributed by atoms with E-state index >= 15 is 0 Å². The molecule has 0 fully saturated rings. The number of benzene rings is 2. The molecule has 1 amide bonds. The van der Waals surface area contributed by atoms with Gasteiger partial charge in [-0.3, -0.25) is 4.79 Å². The number of anilines is 1. The molecule has 4 aromatic rings. The molecule has 0 aliphatic rings. The van der Waals surface area contributed by atoms with Gasteiger partial charge in [-0.15, -0.1) is 0 Å². The molecule has 2 aromatic carbocycles. The van der Waals surface area contributed by atoms with E-state index < -0.39 is 0 Å². The summed E-state index contributed by atoms with van der Waals surface area (Å²) < 4.78 is 12.6. The van der Waals surface area contributed by atoms with Crippen LogP contribution in [0, 0.1) is 0 Å². The van der Waals surface area contributed by atoms with Crippen molar-refractivity contribution in [3.63, 3.8) is 0 Å². The second-order valence-electron chi connectivity index (χ2n) is 7.35. The van der Waals surface area contributed by atoms with Crippen molar-refractivity contribution in [1.82, 2.24) is 14.5 Å². The van der Waals surface area contributed by atoms with Crippen molar-refractivity contribution in [2.24, 2.45) is 0 Å². The van der Waals surface area contributed by atoms with E-state index in [0.717, 1.165) is 22.6 Å². The summed E-state index contributed by atoms with van der Waals surface area (Å²) in [5.74, 6) is 1.71. The van der Waals surface area contributed by atoms with Crippen LogP contribution in [0.15, 0.2) is 60.8 Å². The van der Waals surface area contributed by atoms with Crippen LogP contribution < -0.4 is 14.8 Å². The van der Waals surface area contributed by atoms with Gasteiger partial charge in [0.15, 0.2) is 17.1 Å². The van der Waals surface area contributed by atoms with Crippen molar-refractivity contribution < 1.29 is 14.3 Å². The molecule has 0 aliphatic heterocycles. The minimum atomic E-state index is -0.223. The number of aromatic nitrogens is 3. The third-order valence-corrected chi connectivity index (χ3v) is 4.99. The number of rotatable bonds is 6. The Kier molecular flexibility index (Phi) is 5.58. The lowest BCUT2D eigenvalue weighted by atomic mass is 10.1. The van der Waals surface area contributed by atoms with Gasteiger partial charge in [0, 0.05) is 35.1 Å². The summed E-state index contributed by atoms with van der Waals surface area (Å²) in [6, 6.07) is 16.7. The smallest absolute Gasteiger partial charge is 0.255 e. The summed E-state index contributed by atoms with van der Waals surface area (Å²) in [5.41, 5.74) is 3.65. The number of ether oxygens (including phenoxy) is 2. The number of nitrogens with zero attached hydrogens (tertiary/aromatic N) is 3. The molecule has 0 atom stereocenters. The summed E-state index contributed by atoms with van der Waals surface area (Å²) in [6.45, 7) is 4.18. The fourth-order valence-corrected chi connectivity index (χ4v) is 3.54. The maximum atomic E-state index is 12.9. The molecule has 1 N–H and O–H groups in total. The largest absolute Gasteiger partial charge is 0.493 e. The van der Waals surface area contributed by atoms with Crippen LogP contribution in [0.5, 0.6) is 11.5 Å². The maximum absolute atomic E-state index is 12.9. The molecular formula is C24H24N4O3. The van der Waals surface area contributed by atoms with E-state index in [9.17, 15) is 4.79 Å². The monoisotopic (exact) mass is 416 g/mol. The van der Waals surface area contributed by atoms with Crippen LogP contribution in [0.3, 0.4) is 0 Å². The first-order valence-electron chi connectivity index (χ1n) is 9.98. The van der Waals surface area contributed by atoms with Gasteiger partial charge in [0.05, 0.1) is 14.2 Å². The molecule has 2 aromatic heterocycles. The van der Waals surface area contributed by atoms with Gasteiger partial charge < -0.3 is 19.4 Å². The molecule has 158 valence electrons. The normalized spacial score (nSPS) is 11.0. The number of methoxy groups -OCH3 is 2. The van der Waals surface area contributed by atoms with Crippen molar-refractivity contribution in [2.45, 2.75) is 19.9 Å². The molecule has 0 bridgehead atoms. The van der Waals surface area contributed by atoms with Gasteiger partial charge in [-0.1, -0.05) is 12.1 Å². The van der Waals surface area contributed by atoms with Gasteiger partial charge in [-0.2, -0.15) is 0 Å². The second kappa shape index (κ2) is 8.47. The molecule has 4 rings (SSSR count). The van der Waals surface area contributed by atoms with Gasteiger partial charge in [-0.05, 0) is 50.2 Å².